The van der Waals surface area contributed by atoms with Crippen molar-refractivity contribution in [2.75, 3.05) is 6.54 Å². The molecule has 1 amide bonds. The fourth-order valence-corrected chi connectivity index (χ4v) is 2.25. The molecule has 1 aliphatic heterocycles. The Bertz CT molecular complexity index is 274. The lowest BCUT2D eigenvalue weighted by Gasteiger charge is -2.22. The molecule has 0 saturated heterocycles. The molecule has 0 N–H and O–H groups in total. The van der Waals surface area contributed by atoms with Crippen molar-refractivity contribution in [3.8, 4) is 0 Å². The van der Waals surface area contributed by atoms with Crippen molar-refractivity contribution in [1.29, 1.82) is 0 Å². The van der Waals surface area contributed by atoms with Gasteiger partial charge in [-0.3, -0.25) is 4.79 Å². The number of amides is 1. The highest BCUT2D eigenvalue weighted by Crippen LogP contribution is 2.22. The zero-order valence-electron chi connectivity index (χ0n) is 6.53. The van der Waals surface area contributed by atoms with Gasteiger partial charge in [-0.05, 0) is 23.4 Å². The summed E-state index contributed by atoms with van der Waals surface area (Å²) in [6.45, 7) is 1.69. The molecule has 1 aromatic heterocycles. The van der Waals surface area contributed by atoms with Gasteiger partial charge < -0.3 is 4.90 Å². The second-order valence-corrected chi connectivity index (χ2v) is 3.70. The number of hydrogen-bond donors (Lipinski definition) is 0. The predicted molar refractivity (Wildman–Crippen MR) is 51.7 cm³/mol. The maximum atomic E-state index is 10.4. The average Bonchev–Trinajstić information content (AvgIpc) is 2.50. The summed E-state index contributed by atoms with van der Waals surface area (Å²) in [5, 5.41) is 2.10. The van der Waals surface area contributed by atoms with Crippen LogP contribution in [-0.4, -0.2) is 17.9 Å². The molecule has 0 bridgehead atoms. The number of rotatable bonds is 1. The van der Waals surface area contributed by atoms with Gasteiger partial charge in [0, 0.05) is 18.0 Å². The minimum atomic E-state index is 0. The fraction of sp³-hybridized carbons (Fsp3) is 0.375. The molecule has 1 aliphatic rings. The van der Waals surface area contributed by atoms with Crippen molar-refractivity contribution >= 4 is 30.2 Å². The van der Waals surface area contributed by atoms with Gasteiger partial charge in [-0.15, -0.1) is 23.7 Å². The first-order valence-electron chi connectivity index (χ1n) is 3.65. The van der Waals surface area contributed by atoms with Gasteiger partial charge in [0.05, 0.1) is 0 Å². The Balaban J connectivity index is 0.000000720. The third kappa shape index (κ3) is 1.62. The van der Waals surface area contributed by atoms with Crippen LogP contribution in [0.2, 0.25) is 0 Å². The molecule has 0 saturated carbocycles. The van der Waals surface area contributed by atoms with E-state index in [2.05, 4.69) is 11.4 Å². The van der Waals surface area contributed by atoms with Gasteiger partial charge in [0.2, 0.25) is 6.41 Å². The van der Waals surface area contributed by atoms with Crippen LogP contribution in [0, 0.1) is 0 Å². The minimum Gasteiger partial charge on any atom is -0.341 e. The van der Waals surface area contributed by atoms with Crippen molar-refractivity contribution in [1.82, 2.24) is 4.90 Å². The Morgan fingerprint density at radius 2 is 2.42 bits per heavy atom. The molecule has 0 atom stereocenters. The highest BCUT2D eigenvalue weighted by atomic mass is 35.5. The number of nitrogens with zero attached hydrogens (tertiary/aromatic N) is 1. The summed E-state index contributed by atoms with van der Waals surface area (Å²) in [5.41, 5.74) is 1.33. The number of thiophene rings is 1. The molecule has 0 aliphatic carbocycles. The normalized spacial score (nSPS) is 14.8. The smallest absolute Gasteiger partial charge is 0.210 e. The first-order valence-corrected chi connectivity index (χ1v) is 4.52. The molecule has 0 fully saturated rings. The second-order valence-electron chi connectivity index (χ2n) is 2.69. The lowest BCUT2D eigenvalue weighted by molar-refractivity contribution is -0.118. The summed E-state index contributed by atoms with van der Waals surface area (Å²) in [6, 6.07) is 2.11. The Hall–Kier alpha value is -0.540. The van der Waals surface area contributed by atoms with Crippen LogP contribution < -0.4 is 0 Å². The number of halogens is 1. The summed E-state index contributed by atoms with van der Waals surface area (Å²) in [7, 11) is 0. The van der Waals surface area contributed by atoms with Gasteiger partial charge in [0.15, 0.2) is 0 Å². The van der Waals surface area contributed by atoms with Crippen molar-refractivity contribution in [2.24, 2.45) is 0 Å². The quantitative estimate of drug-likeness (QED) is 0.637. The van der Waals surface area contributed by atoms with Gasteiger partial charge in [0.25, 0.3) is 0 Å². The van der Waals surface area contributed by atoms with Gasteiger partial charge in [-0.1, -0.05) is 0 Å². The summed E-state index contributed by atoms with van der Waals surface area (Å²) in [6.07, 6.45) is 1.96. The van der Waals surface area contributed by atoms with Crippen LogP contribution in [0.25, 0.3) is 0 Å². The van der Waals surface area contributed by atoms with E-state index >= 15 is 0 Å². The van der Waals surface area contributed by atoms with E-state index in [4.69, 9.17) is 0 Å². The molecule has 12 heavy (non-hydrogen) atoms. The number of fused-ring (bicyclic) bond motifs is 1. The zero-order chi connectivity index (χ0) is 7.68. The Kier molecular flexibility index (Phi) is 3.12. The summed E-state index contributed by atoms with van der Waals surface area (Å²) in [5.74, 6) is 0. The van der Waals surface area contributed by atoms with Crippen LogP contribution in [0.3, 0.4) is 0 Å². The van der Waals surface area contributed by atoms with Gasteiger partial charge in [-0.2, -0.15) is 0 Å². The van der Waals surface area contributed by atoms with Crippen LogP contribution in [-0.2, 0) is 17.8 Å². The van der Waals surface area contributed by atoms with Crippen LogP contribution >= 0.6 is 23.7 Å². The van der Waals surface area contributed by atoms with E-state index in [9.17, 15) is 4.79 Å². The lowest BCUT2D eigenvalue weighted by atomic mass is 10.1. The maximum absolute atomic E-state index is 10.4. The monoisotopic (exact) mass is 203 g/mol. The van der Waals surface area contributed by atoms with Crippen LogP contribution in [0.4, 0.5) is 0 Å². The predicted octanol–water partition coefficient (Wildman–Crippen LogP) is 1.68. The van der Waals surface area contributed by atoms with E-state index in [1.165, 1.54) is 10.4 Å². The third-order valence-corrected chi connectivity index (χ3v) is 3.01. The van der Waals surface area contributed by atoms with Gasteiger partial charge in [0.1, 0.15) is 0 Å². The van der Waals surface area contributed by atoms with Crippen molar-refractivity contribution in [3.05, 3.63) is 21.9 Å². The van der Waals surface area contributed by atoms with Crippen molar-refractivity contribution in [3.63, 3.8) is 0 Å². The fourth-order valence-electron chi connectivity index (χ4n) is 1.36. The van der Waals surface area contributed by atoms with Gasteiger partial charge >= 0.3 is 0 Å². The van der Waals surface area contributed by atoms with E-state index in [-0.39, 0.29) is 12.4 Å². The SMILES string of the molecule is Cl.O=CN1CCc2sccc2C1. The third-order valence-electron chi connectivity index (χ3n) is 1.99. The van der Waals surface area contributed by atoms with E-state index in [0.717, 1.165) is 25.9 Å². The Morgan fingerprint density at radius 3 is 3.17 bits per heavy atom. The van der Waals surface area contributed by atoms with Crippen molar-refractivity contribution in [2.45, 2.75) is 13.0 Å². The van der Waals surface area contributed by atoms with Crippen molar-refractivity contribution < 1.29 is 4.79 Å². The van der Waals surface area contributed by atoms with E-state index < -0.39 is 0 Å². The van der Waals surface area contributed by atoms with Crippen LogP contribution in [0.15, 0.2) is 11.4 Å². The molecule has 2 nitrogen and oxygen atoms in total. The zero-order valence-corrected chi connectivity index (χ0v) is 8.16. The first-order chi connectivity index (χ1) is 5.40. The van der Waals surface area contributed by atoms with E-state index in [1.807, 2.05) is 4.90 Å². The molecule has 2 heterocycles. The second kappa shape index (κ2) is 3.92. The number of carbonyl (C=O) groups excluding carboxylic acids is 1. The van der Waals surface area contributed by atoms with E-state index in [1.54, 1.807) is 11.3 Å². The Morgan fingerprint density at radius 1 is 1.58 bits per heavy atom. The molecule has 66 valence electrons. The summed E-state index contributed by atoms with van der Waals surface area (Å²) in [4.78, 5) is 13.7. The maximum Gasteiger partial charge on any atom is 0.210 e. The highest BCUT2D eigenvalue weighted by molar-refractivity contribution is 7.10. The molecule has 0 aromatic carbocycles. The number of carbonyl (C=O) groups is 1. The van der Waals surface area contributed by atoms with Gasteiger partial charge in [-0.25, -0.2) is 0 Å². The topological polar surface area (TPSA) is 20.3 Å². The number of hydrogen-bond acceptors (Lipinski definition) is 2. The molecule has 2 rings (SSSR count). The Labute approximate surface area is 81.6 Å². The molecule has 0 unspecified atom stereocenters. The minimum absolute atomic E-state index is 0. The average molecular weight is 204 g/mol. The highest BCUT2D eigenvalue weighted by Gasteiger charge is 2.14. The van der Waals surface area contributed by atoms with Crippen LogP contribution in [0.5, 0.6) is 0 Å². The standard InChI is InChI=1S/C8H9NOS.ClH/c10-6-9-3-1-8-7(5-9)2-4-11-8;/h2,4,6H,1,3,5H2;1H. The molecule has 0 spiro atoms. The molecule has 1 aromatic rings. The summed E-state index contributed by atoms with van der Waals surface area (Å²) < 4.78 is 0. The molecular formula is C8H10ClNOS. The largest absolute Gasteiger partial charge is 0.341 e. The van der Waals surface area contributed by atoms with Crippen LogP contribution in [0.1, 0.15) is 10.4 Å². The molecular weight excluding hydrogens is 194 g/mol. The first kappa shape index (κ1) is 9.55. The summed E-state index contributed by atoms with van der Waals surface area (Å²) >= 11 is 1.80. The molecule has 4 heteroatoms. The van der Waals surface area contributed by atoms with E-state index in [0.29, 0.717) is 0 Å². The molecule has 0 radical (unpaired) electrons. The lowest BCUT2D eigenvalue weighted by Crippen LogP contribution is -2.27.